The molecular weight excluding hydrogens is 222 g/mol. The third kappa shape index (κ3) is 3.84. The van der Waals surface area contributed by atoms with Gasteiger partial charge in [0.2, 0.25) is 0 Å². The standard InChI is InChI=1S/C15H27N3/c1-3-10-18-15(8-9-17-18)12-16-11-14-6-4-13(2)5-7-14/h8-9,13-14,16H,3-7,10-12H2,1-2H3. The lowest BCUT2D eigenvalue weighted by Gasteiger charge is -2.26. The quantitative estimate of drug-likeness (QED) is 0.839. The summed E-state index contributed by atoms with van der Waals surface area (Å²) in [6.07, 6.45) is 8.70. The van der Waals surface area contributed by atoms with Gasteiger partial charge >= 0.3 is 0 Å². The Morgan fingerprint density at radius 2 is 2.11 bits per heavy atom. The SMILES string of the molecule is CCCn1nccc1CNCC1CCC(C)CC1. The lowest BCUT2D eigenvalue weighted by molar-refractivity contribution is 0.281. The van der Waals surface area contributed by atoms with E-state index in [2.05, 4.69) is 35.0 Å². The molecule has 1 N–H and O–H groups in total. The van der Waals surface area contributed by atoms with Crippen LogP contribution >= 0.6 is 0 Å². The summed E-state index contributed by atoms with van der Waals surface area (Å²) in [4.78, 5) is 0. The molecule has 0 atom stereocenters. The van der Waals surface area contributed by atoms with Gasteiger partial charge in [-0.3, -0.25) is 4.68 Å². The van der Waals surface area contributed by atoms with E-state index in [1.165, 1.54) is 37.9 Å². The molecule has 0 spiro atoms. The van der Waals surface area contributed by atoms with Crippen molar-refractivity contribution >= 4 is 0 Å². The van der Waals surface area contributed by atoms with E-state index in [1.807, 2.05) is 6.20 Å². The summed E-state index contributed by atoms with van der Waals surface area (Å²) in [5.41, 5.74) is 1.32. The molecule has 1 heterocycles. The van der Waals surface area contributed by atoms with Gasteiger partial charge in [-0.2, -0.15) is 5.10 Å². The van der Waals surface area contributed by atoms with E-state index in [9.17, 15) is 0 Å². The summed E-state index contributed by atoms with van der Waals surface area (Å²) in [5, 5.41) is 7.97. The Bertz CT molecular complexity index is 337. The van der Waals surface area contributed by atoms with Gasteiger partial charge < -0.3 is 5.32 Å². The van der Waals surface area contributed by atoms with Gasteiger partial charge in [0.25, 0.3) is 0 Å². The summed E-state index contributed by atoms with van der Waals surface area (Å²) >= 11 is 0. The molecule has 1 aromatic heterocycles. The van der Waals surface area contributed by atoms with Crippen LogP contribution in [0.1, 0.15) is 51.6 Å². The van der Waals surface area contributed by atoms with Gasteiger partial charge in [0.15, 0.2) is 0 Å². The number of aryl methyl sites for hydroxylation is 1. The molecule has 1 aliphatic carbocycles. The van der Waals surface area contributed by atoms with Crippen LogP contribution in [0.3, 0.4) is 0 Å². The summed E-state index contributed by atoms with van der Waals surface area (Å²) < 4.78 is 2.12. The van der Waals surface area contributed by atoms with Crippen LogP contribution in [0.25, 0.3) is 0 Å². The molecule has 0 aromatic carbocycles. The van der Waals surface area contributed by atoms with Crippen LogP contribution in [-0.2, 0) is 13.1 Å². The van der Waals surface area contributed by atoms with Crippen LogP contribution in [0, 0.1) is 11.8 Å². The Morgan fingerprint density at radius 1 is 1.33 bits per heavy atom. The van der Waals surface area contributed by atoms with Gasteiger partial charge in [-0.15, -0.1) is 0 Å². The molecule has 0 amide bonds. The van der Waals surface area contributed by atoms with Crippen molar-refractivity contribution < 1.29 is 0 Å². The van der Waals surface area contributed by atoms with E-state index in [0.717, 1.165) is 31.3 Å². The highest BCUT2D eigenvalue weighted by molar-refractivity contribution is 5.00. The first-order valence-electron chi connectivity index (χ1n) is 7.51. The molecule has 102 valence electrons. The van der Waals surface area contributed by atoms with Crippen molar-refractivity contribution in [1.29, 1.82) is 0 Å². The molecule has 0 radical (unpaired) electrons. The average Bonchev–Trinajstić information content (AvgIpc) is 2.80. The average molecular weight is 249 g/mol. The molecule has 2 rings (SSSR count). The molecule has 1 saturated carbocycles. The van der Waals surface area contributed by atoms with Crippen molar-refractivity contribution in [1.82, 2.24) is 15.1 Å². The molecule has 1 aromatic rings. The summed E-state index contributed by atoms with van der Waals surface area (Å²) in [7, 11) is 0. The number of rotatable bonds is 6. The third-order valence-electron chi connectivity index (χ3n) is 4.11. The van der Waals surface area contributed by atoms with E-state index in [-0.39, 0.29) is 0 Å². The number of hydrogen-bond donors (Lipinski definition) is 1. The van der Waals surface area contributed by atoms with E-state index in [1.54, 1.807) is 0 Å². The highest BCUT2D eigenvalue weighted by Gasteiger charge is 2.17. The molecule has 1 aliphatic rings. The predicted molar refractivity (Wildman–Crippen MR) is 75.3 cm³/mol. The molecule has 18 heavy (non-hydrogen) atoms. The van der Waals surface area contributed by atoms with Crippen LogP contribution in [0.15, 0.2) is 12.3 Å². The lowest BCUT2D eigenvalue weighted by atomic mass is 9.83. The second-order valence-corrected chi connectivity index (χ2v) is 5.80. The Kier molecular flexibility index (Phi) is 5.24. The van der Waals surface area contributed by atoms with Gasteiger partial charge in [-0.05, 0) is 43.7 Å². The Labute approximate surface area is 111 Å². The van der Waals surface area contributed by atoms with Crippen LogP contribution in [0.4, 0.5) is 0 Å². The fourth-order valence-electron chi connectivity index (χ4n) is 2.86. The maximum absolute atomic E-state index is 4.36. The maximum atomic E-state index is 4.36. The van der Waals surface area contributed by atoms with Crippen molar-refractivity contribution in [3.63, 3.8) is 0 Å². The van der Waals surface area contributed by atoms with Gasteiger partial charge in [0, 0.05) is 19.3 Å². The number of nitrogens with zero attached hydrogens (tertiary/aromatic N) is 2. The molecule has 0 unspecified atom stereocenters. The minimum atomic E-state index is 0.892. The van der Waals surface area contributed by atoms with E-state index < -0.39 is 0 Å². The smallest absolute Gasteiger partial charge is 0.0522 e. The van der Waals surface area contributed by atoms with E-state index in [4.69, 9.17) is 0 Å². The first-order chi connectivity index (χ1) is 8.79. The Morgan fingerprint density at radius 3 is 2.83 bits per heavy atom. The fraction of sp³-hybridized carbons (Fsp3) is 0.800. The van der Waals surface area contributed by atoms with Gasteiger partial charge in [0.05, 0.1) is 5.69 Å². The Balaban J connectivity index is 1.70. The van der Waals surface area contributed by atoms with Crippen LogP contribution in [0.2, 0.25) is 0 Å². The molecule has 3 nitrogen and oxygen atoms in total. The normalized spacial score (nSPS) is 24.3. The molecule has 1 fully saturated rings. The fourth-order valence-corrected chi connectivity index (χ4v) is 2.86. The van der Waals surface area contributed by atoms with Crippen LogP contribution < -0.4 is 5.32 Å². The maximum Gasteiger partial charge on any atom is 0.0522 e. The zero-order chi connectivity index (χ0) is 12.8. The molecule has 3 heteroatoms. The number of aromatic nitrogens is 2. The lowest BCUT2D eigenvalue weighted by Crippen LogP contribution is -2.26. The number of nitrogens with one attached hydrogen (secondary N) is 1. The summed E-state index contributed by atoms with van der Waals surface area (Å²) in [6, 6.07) is 2.13. The molecule has 0 bridgehead atoms. The van der Waals surface area contributed by atoms with Crippen molar-refractivity contribution in [3.05, 3.63) is 18.0 Å². The first-order valence-corrected chi connectivity index (χ1v) is 7.51. The van der Waals surface area contributed by atoms with E-state index >= 15 is 0 Å². The van der Waals surface area contributed by atoms with Crippen molar-refractivity contribution in [3.8, 4) is 0 Å². The largest absolute Gasteiger partial charge is 0.311 e. The van der Waals surface area contributed by atoms with E-state index in [0.29, 0.717) is 0 Å². The van der Waals surface area contributed by atoms with Crippen LogP contribution in [-0.4, -0.2) is 16.3 Å². The predicted octanol–water partition coefficient (Wildman–Crippen LogP) is 3.21. The minimum absolute atomic E-state index is 0.892. The highest BCUT2D eigenvalue weighted by Crippen LogP contribution is 2.27. The zero-order valence-corrected chi connectivity index (χ0v) is 11.9. The topological polar surface area (TPSA) is 29.9 Å². The molecule has 0 saturated heterocycles. The van der Waals surface area contributed by atoms with Crippen molar-refractivity contribution in [2.45, 2.75) is 59.0 Å². The van der Waals surface area contributed by atoms with Crippen molar-refractivity contribution in [2.75, 3.05) is 6.54 Å². The second kappa shape index (κ2) is 6.93. The van der Waals surface area contributed by atoms with Crippen LogP contribution in [0.5, 0.6) is 0 Å². The molecule has 0 aliphatic heterocycles. The summed E-state index contributed by atoms with van der Waals surface area (Å²) in [6.45, 7) is 7.75. The minimum Gasteiger partial charge on any atom is -0.311 e. The molecular formula is C15H27N3. The third-order valence-corrected chi connectivity index (χ3v) is 4.11. The second-order valence-electron chi connectivity index (χ2n) is 5.80. The first kappa shape index (κ1) is 13.6. The highest BCUT2D eigenvalue weighted by atomic mass is 15.3. The van der Waals surface area contributed by atoms with Gasteiger partial charge in [0.1, 0.15) is 0 Å². The summed E-state index contributed by atoms with van der Waals surface area (Å²) in [5.74, 6) is 1.84. The van der Waals surface area contributed by atoms with Crippen molar-refractivity contribution in [2.24, 2.45) is 11.8 Å². The zero-order valence-electron chi connectivity index (χ0n) is 11.9. The number of hydrogen-bond acceptors (Lipinski definition) is 2. The Hall–Kier alpha value is -0.830. The van der Waals surface area contributed by atoms with Gasteiger partial charge in [-0.1, -0.05) is 26.7 Å². The van der Waals surface area contributed by atoms with Gasteiger partial charge in [-0.25, -0.2) is 0 Å². The monoisotopic (exact) mass is 249 g/mol.